The van der Waals surface area contributed by atoms with E-state index < -0.39 is 0 Å². The summed E-state index contributed by atoms with van der Waals surface area (Å²) in [6.07, 6.45) is 11.3. The Bertz CT molecular complexity index is 309. The second-order valence-corrected chi connectivity index (χ2v) is 5.60. The Hall–Kier alpha value is -0.640. The maximum absolute atomic E-state index is 5.70. The van der Waals surface area contributed by atoms with Crippen molar-refractivity contribution in [1.82, 2.24) is 0 Å². The van der Waals surface area contributed by atoms with E-state index in [1.165, 1.54) is 18.4 Å². The van der Waals surface area contributed by atoms with Crippen LogP contribution in [-0.4, -0.2) is 39.6 Å². The summed E-state index contributed by atoms with van der Waals surface area (Å²) in [4.78, 5) is 0. The van der Waals surface area contributed by atoms with E-state index in [1.807, 2.05) is 0 Å². The topological polar surface area (TPSA) is 27.7 Å². The van der Waals surface area contributed by atoms with Crippen molar-refractivity contribution in [1.29, 1.82) is 0 Å². The van der Waals surface area contributed by atoms with Crippen LogP contribution in [-0.2, 0) is 14.2 Å². The van der Waals surface area contributed by atoms with Gasteiger partial charge in [-0.05, 0) is 26.2 Å². The van der Waals surface area contributed by atoms with Crippen molar-refractivity contribution >= 4 is 0 Å². The summed E-state index contributed by atoms with van der Waals surface area (Å²) in [7, 11) is 3.50. The standard InChI is InChI=1S/C17H30O3/c1-14-12-15(2)17(19-4)16(18-3)10-8-6-5-7-9-11-20-13-14/h8,10,12,15-17H,5-7,9,11,13H2,1-4H3/b10-8+,14-12-/t15-,16+,17+/m1/s1. The largest absolute Gasteiger partial charge is 0.378 e. The molecule has 0 aromatic carbocycles. The molecule has 0 fully saturated rings. The fourth-order valence-electron chi connectivity index (χ4n) is 2.67. The van der Waals surface area contributed by atoms with Crippen molar-refractivity contribution in [2.45, 2.75) is 51.7 Å². The highest BCUT2D eigenvalue weighted by Crippen LogP contribution is 2.18. The van der Waals surface area contributed by atoms with Gasteiger partial charge in [0, 0.05) is 26.7 Å². The van der Waals surface area contributed by atoms with E-state index >= 15 is 0 Å². The molecule has 3 nitrogen and oxygen atoms in total. The average molecular weight is 282 g/mol. The molecular weight excluding hydrogens is 252 g/mol. The number of rotatable bonds is 2. The van der Waals surface area contributed by atoms with E-state index in [-0.39, 0.29) is 12.2 Å². The molecular formula is C17H30O3. The molecule has 0 radical (unpaired) electrons. The van der Waals surface area contributed by atoms with Crippen LogP contribution in [0.5, 0.6) is 0 Å². The van der Waals surface area contributed by atoms with Crippen LogP contribution >= 0.6 is 0 Å². The van der Waals surface area contributed by atoms with Crippen LogP contribution in [0, 0.1) is 5.92 Å². The molecule has 1 aliphatic heterocycles. The second kappa shape index (κ2) is 10.1. The van der Waals surface area contributed by atoms with Crippen molar-refractivity contribution < 1.29 is 14.2 Å². The average Bonchev–Trinajstić information content (AvgIpc) is 2.43. The molecule has 3 heteroatoms. The lowest BCUT2D eigenvalue weighted by atomic mass is 9.96. The van der Waals surface area contributed by atoms with Crippen LogP contribution in [0.2, 0.25) is 0 Å². The molecule has 0 bridgehead atoms. The summed E-state index contributed by atoms with van der Waals surface area (Å²) in [6.45, 7) is 5.86. The molecule has 3 atom stereocenters. The molecule has 0 aromatic rings. The maximum Gasteiger partial charge on any atom is 0.102 e. The van der Waals surface area contributed by atoms with Crippen LogP contribution in [0.4, 0.5) is 0 Å². The quantitative estimate of drug-likeness (QED) is 0.722. The molecule has 0 unspecified atom stereocenters. The summed E-state index contributed by atoms with van der Waals surface area (Å²) in [5.41, 5.74) is 1.26. The highest BCUT2D eigenvalue weighted by atomic mass is 16.5. The van der Waals surface area contributed by atoms with Gasteiger partial charge in [-0.25, -0.2) is 0 Å². The van der Waals surface area contributed by atoms with Crippen molar-refractivity contribution in [2.24, 2.45) is 5.92 Å². The lowest BCUT2D eigenvalue weighted by Crippen LogP contribution is -2.33. The van der Waals surface area contributed by atoms with E-state index in [0.29, 0.717) is 12.5 Å². The smallest absolute Gasteiger partial charge is 0.102 e. The molecule has 0 amide bonds. The first-order valence-electron chi connectivity index (χ1n) is 7.66. The molecule has 0 saturated heterocycles. The van der Waals surface area contributed by atoms with Gasteiger partial charge in [0.25, 0.3) is 0 Å². The SMILES string of the molecule is CO[C@H]1[C@H](C)/C=C(/C)COCCCCC/C=C/[C@@H]1OC. The Kier molecular flexibility index (Phi) is 8.83. The molecule has 1 rings (SSSR count). The minimum absolute atomic E-state index is 0.00269. The summed E-state index contributed by atoms with van der Waals surface area (Å²) in [5.74, 6) is 0.293. The predicted molar refractivity (Wildman–Crippen MR) is 82.9 cm³/mol. The number of hydrogen-bond donors (Lipinski definition) is 0. The van der Waals surface area contributed by atoms with Gasteiger partial charge in [-0.15, -0.1) is 0 Å². The van der Waals surface area contributed by atoms with Gasteiger partial charge in [-0.3, -0.25) is 0 Å². The van der Waals surface area contributed by atoms with Crippen molar-refractivity contribution in [3.63, 3.8) is 0 Å². The molecule has 20 heavy (non-hydrogen) atoms. The zero-order valence-electron chi connectivity index (χ0n) is 13.4. The second-order valence-electron chi connectivity index (χ2n) is 5.60. The number of allylic oxidation sites excluding steroid dienone is 1. The first-order valence-corrected chi connectivity index (χ1v) is 7.66. The van der Waals surface area contributed by atoms with E-state index in [4.69, 9.17) is 14.2 Å². The Balaban J connectivity index is 2.79. The molecule has 116 valence electrons. The highest BCUT2D eigenvalue weighted by Gasteiger charge is 2.23. The van der Waals surface area contributed by atoms with Crippen molar-refractivity contribution in [3.8, 4) is 0 Å². The van der Waals surface area contributed by atoms with Gasteiger partial charge in [0.05, 0.1) is 12.7 Å². The van der Waals surface area contributed by atoms with Crippen LogP contribution in [0.25, 0.3) is 0 Å². The van der Waals surface area contributed by atoms with Crippen LogP contribution in [0.3, 0.4) is 0 Å². The van der Waals surface area contributed by atoms with Crippen LogP contribution in [0.1, 0.15) is 39.5 Å². The van der Waals surface area contributed by atoms with E-state index in [0.717, 1.165) is 19.4 Å². The lowest BCUT2D eigenvalue weighted by Gasteiger charge is -2.27. The Morgan fingerprint density at radius 1 is 1.15 bits per heavy atom. The Morgan fingerprint density at radius 3 is 2.65 bits per heavy atom. The Morgan fingerprint density at radius 2 is 1.95 bits per heavy atom. The highest BCUT2D eigenvalue weighted by molar-refractivity contribution is 5.06. The first-order chi connectivity index (χ1) is 9.69. The van der Waals surface area contributed by atoms with Gasteiger partial charge < -0.3 is 14.2 Å². The molecule has 0 saturated carbocycles. The normalized spacial score (nSPS) is 34.8. The summed E-state index contributed by atoms with van der Waals surface area (Å²) < 4.78 is 16.9. The molecule has 0 aromatic heterocycles. The zero-order valence-corrected chi connectivity index (χ0v) is 13.4. The fourth-order valence-corrected chi connectivity index (χ4v) is 2.67. The molecule has 0 aliphatic carbocycles. The lowest BCUT2D eigenvalue weighted by molar-refractivity contribution is -0.0298. The van der Waals surface area contributed by atoms with E-state index in [1.54, 1.807) is 14.2 Å². The van der Waals surface area contributed by atoms with Gasteiger partial charge in [0.2, 0.25) is 0 Å². The minimum Gasteiger partial charge on any atom is -0.378 e. The maximum atomic E-state index is 5.70. The van der Waals surface area contributed by atoms with E-state index in [2.05, 4.69) is 32.1 Å². The molecule has 0 spiro atoms. The van der Waals surface area contributed by atoms with Crippen molar-refractivity contribution in [2.75, 3.05) is 27.4 Å². The number of ether oxygens (including phenoxy) is 3. The van der Waals surface area contributed by atoms with Crippen molar-refractivity contribution in [3.05, 3.63) is 23.8 Å². The molecule has 1 heterocycles. The number of methoxy groups -OCH3 is 2. The first kappa shape index (κ1) is 17.4. The minimum atomic E-state index is 0.00269. The van der Waals surface area contributed by atoms with E-state index in [9.17, 15) is 0 Å². The Labute approximate surface area is 124 Å². The number of hydrogen-bond acceptors (Lipinski definition) is 3. The third-order valence-electron chi connectivity index (χ3n) is 3.75. The van der Waals surface area contributed by atoms with Gasteiger partial charge in [0.15, 0.2) is 0 Å². The summed E-state index contributed by atoms with van der Waals surface area (Å²) >= 11 is 0. The van der Waals surface area contributed by atoms with Gasteiger partial charge in [-0.2, -0.15) is 0 Å². The van der Waals surface area contributed by atoms with Crippen LogP contribution < -0.4 is 0 Å². The summed E-state index contributed by atoms with van der Waals surface area (Å²) in [5, 5.41) is 0. The third-order valence-corrected chi connectivity index (χ3v) is 3.75. The van der Waals surface area contributed by atoms with Crippen LogP contribution in [0.15, 0.2) is 23.8 Å². The van der Waals surface area contributed by atoms with Gasteiger partial charge in [-0.1, -0.05) is 37.1 Å². The zero-order chi connectivity index (χ0) is 14.8. The van der Waals surface area contributed by atoms with Gasteiger partial charge >= 0.3 is 0 Å². The monoisotopic (exact) mass is 282 g/mol. The predicted octanol–water partition coefficient (Wildman–Crippen LogP) is 3.75. The summed E-state index contributed by atoms with van der Waals surface area (Å²) in [6, 6.07) is 0. The molecule has 1 aliphatic rings. The molecule has 0 N–H and O–H groups in total. The fraction of sp³-hybridized carbons (Fsp3) is 0.765. The van der Waals surface area contributed by atoms with Gasteiger partial charge in [0.1, 0.15) is 6.10 Å². The third kappa shape index (κ3) is 6.21.